The van der Waals surface area contributed by atoms with Crippen LogP contribution in [0.2, 0.25) is 0 Å². The van der Waals surface area contributed by atoms with Gasteiger partial charge in [-0.2, -0.15) is 13.2 Å². The number of nitrogens with zero attached hydrogens (tertiary/aromatic N) is 2. The Morgan fingerprint density at radius 3 is 2.71 bits per heavy atom. The maximum Gasteiger partial charge on any atom is 0.416 e. The second-order valence-electron chi connectivity index (χ2n) is 7.86. The van der Waals surface area contributed by atoms with E-state index in [4.69, 9.17) is 4.74 Å². The fourth-order valence-corrected chi connectivity index (χ4v) is 4.72. The first-order chi connectivity index (χ1) is 13.4. The van der Waals surface area contributed by atoms with Crippen LogP contribution in [0.1, 0.15) is 24.0 Å². The van der Waals surface area contributed by atoms with Crippen molar-refractivity contribution in [3.05, 3.63) is 35.4 Å². The average molecular weight is 397 g/mol. The van der Waals surface area contributed by atoms with Gasteiger partial charge in [0.25, 0.3) is 0 Å². The first-order valence-corrected chi connectivity index (χ1v) is 9.94. The summed E-state index contributed by atoms with van der Waals surface area (Å²) in [6.45, 7) is 4.41. The van der Waals surface area contributed by atoms with Gasteiger partial charge in [0.2, 0.25) is 5.91 Å². The van der Waals surface area contributed by atoms with E-state index in [-0.39, 0.29) is 30.5 Å². The fraction of sp³-hybridized carbons (Fsp3) is 0.650. The smallest absolute Gasteiger partial charge is 0.378 e. The highest BCUT2D eigenvalue weighted by atomic mass is 19.4. The van der Waals surface area contributed by atoms with E-state index in [0.717, 1.165) is 38.1 Å². The molecule has 3 aliphatic rings. The summed E-state index contributed by atoms with van der Waals surface area (Å²) in [7, 11) is 0. The lowest BCUT2D eigenvalue weighted by Crippen LogP contribution is -2.70. The molecular formula is C20H26F3N3O2. The quantitative estimate of drug-likeness (QED) is 0.847. The number of carbonyl (C=O) groups is 1. The van der Waals surface area contributed by atoms with Crippen molar-refractivity contribution in [3.8, 4) is 0 Å². The molecule has 3 saturated heterocycles. The van der Waals surface area contributed by atoms with Crippen molar-refractivity contribution in [2.24, 2.45) is 0 Å². The summed E-state index contributed by atoms with van der Waals surface area (Å²) >= 11 is 0. The maximum atomic E-state index is 13.1. The van der Waals surface area contributed by atoms with Crippen LogP contribution in [0.25, 0.3) is 0 Å². The Morgan fingerprint density at radius 1 is 1.18 bits per heavy atom. The van der Waals surface area contributed by atoms with E-state index in [1.165, 1.54) is 6.07 Å². The Bertz CT molecular complexity index is 704. The molecule has 3 fully saturated rings. The van der Waals surface area contributed by atoms with Crippen LogP contribution >= 0.6 is 0 Å². The summed E-state index contributed by atoms with van der Waals surface area (Å²) in [4.78, 5) is 17.4. The van der Waals surface area contributed by atoms with Crippen LogP contribution < -0.4 is 5.32 Å². The number of hydrogen-bond acceptors (Lipinski definition) is 4. The number of likely N-dealkylation sites (tertiary alicyclic amines) is 1. The van der Waals surface area contributed by atoms with Crippen molar-refractivity contribution in [3.63, 3.8) is 0 Å². The molecule has 4 rings (SSSR count). The number of carbonyl (C=O) groups excluding carboxylic acids is 1. The highest BCUT2D eigenvalue weighted by molar-refractivity contribution is 5.79. The SMILES string of the molecule is O=C(Cc1cccc(C(F)(F)F)c1)N1CCN[C@@H]2COC[C@H](N3CCCC3)[C@H]21. The molecule has 28 heavy (non-hydrogen) atoms. The molecule has 1 N–H and O–H groups in total. The second-order valence-corrected chi connectivity index (χ2v) is 7.86. The first-order valence-electron chi connectivity index (χ1n) is 9.94. The number of alkyl halides is 3. The molecule has 5 nitrogen and oxygen atoms in total. The molecule has 8 heteroatoms. The van der Waals surface area contributed by atoms with Gasteiger partial charge in [-0.05, 0) is 37.6 Å². The maximum absolute atomic E-state index is 13.1. The van der Waals surface area contributed by atoms with E-state index >= 15 is 0 Å². The van der Waals surface area contributed by atoms with Gasteiger partial charge in [-0.25, -0.2) is 0 Å². The third-order valence-corrected chi connectivity index (χ3v) is 6.05. The van der Waals surface area contributed by atoms with Gasteiger partial charge >= 0.3 is 6.18 Å². The van der Waals surface area contributed by atoms with Gasteiger partial charge < -0.3 is 15.0 Å². The molecule has 3 atom stereocenters. The predicted molar refractivity (Wildman–Crippen MR) is 97.9 cm³/mol. The zero-order chi connectivity index (χ0) is 19.7. The first kappa shape index (κ1) is 19.7. The molecule has 154 valence electrons. The molecule has 1 amide bonds. The molecule has 0 bridgehead atoms. The normalized spacial score (nSPS) is 29.0. The van der Waals surface area contributed by atoms with Crippen molar-refractivity contribution in [1.29, 1.82) is 0 Å². The lowest BCUT2D eigenvalue weighted by Gasteiger charge is -2.50. The van der Waals surface area contributed by atoms with E-state index in [1.54, 1.807) is 6.07 Å². The molecule has 0 aliphatic carbocycles. The van der Waals surface area contributed by atoms with E-state index in [9.17, 15) is 18.0 Å². The number of hydrogen-bond donors (Lipinski definition) is 1. The molecule has 1 aromatic rings. The minimum Gasteiger partial charge on any atom is -0.378 e. The summed E-state index contributed by atoms with van der Waals surface area (Å²) < 4.78 is 44.7. The number of amides is 1. The summed E-state index contributed by atoms with van der Waals surface area (Å²) in [6, 6.07) is 5.29. The molecule has 1 aromatic carbocycles. The number of benzene rings is 1. The Labute approximate surface area is 162 Å². The van der Waals surface area contributed by atoms with Crippen LogP contribution in [0.3, 0.4) is 0 Å². The van der Waals surface area contributed by atoms with Gasteiger partial charge in [0, 0.05) is 13.1 Å². The lowest BCUT2D eigenvalue weighted by atomic mass is 9.92. The standard InChI is InChI=1S/C20H26F3N3O2/c21-20(22,23)15-5-3-4-14(10-15)11-18(27)26-9-6-24-16-12-28-13-17(19(16)26)25-7-1-2-8-25/h3-5,10,16-17,19,24H,1-2,6-9,11-13H2/t16-,17+,19+/m1/s1. The van der Waals surface area contributed by atoms with E-state index < -0.39 is 11.7 Å². The summed E-state index contributed by atoms with van der Waals surface area (Å²) in [5.74, 6) is -0.109. The largest absolute Gasteiger partial charge is 0.416 e. The number of rotatable bonds is 3. The minimum absolute atomic E-state index is 0.00102. The van der Waals surface area contributed by atoms with Crippen molar-refractivity contribution in [1.82, 2.24) is 15.1 Å². The van der Waals surface area contributed by atoms with Crippen molar-refractivity contribution in [2.75, 3.05) is 39.4 Å². The van der Waals surface area contributed by atoms with Crippen LogP contribution in [0.15, 0.2) is 24.3 Å². The van der Waals surface area contributed by atoms with Gasteiger partial charge in [0.1, 0.15) is 0 Å². The van der Waals surface area contributed by atoms with E-state index in [1.807, 2.05) is 4.90 Å². The van der Waals surface area contributed by atoms with Crippen LogP contribution in [0.4, 0.5) is 13.2 Å². The number of halogens is 3. The number of nitrogens with one attached hydrogen (secondary N) is 1. The summed E-state index contributed by atoms with van der Waals surface area (Å²) in [5.41, 5.74) is -0.309. The topological polar surface area (TPSA) is 44.8 Å². The average Bonchev–Trinajstić information content (AvgIpc) is 3.21. The van der Waals surface area contributed by atoms with Crippen LogP contribution in [-0.2, 0) is 22.1 Å². The van der Waals surface area contributed by atoms with Gasteiger partial charge in [-0.1, -0.05) is 18.2 Å². The molecule has 0 radical (unpaired) electrons. The van der Waals surface area contributed by atoms with Crippen LogP contribution in [0.5, 0.6) is 0 Å². The Balaban J connectivity index is 1.52. The Morgan fingerprint density at radius 2 is 1.96 bits per heavy atom. The number of ether oxygens (including phenoxy) is 1. The van der Waals surface area contributed by atoms with Gasteiger partial charge in [-0.3, -0.25) is 9.69 Å². The third-order valence-electron chi connectivity index (χ3n) is 6.05. The van der Waals surface area contributed by atoms with Crippen LogP contribution in [-0.4, -0.2) is 73.2 Å². The molecule has 3 heterocycles. The van der Waals surface area contributed by atoms with Gasteiger partial charge in [-0.15, -0.1) is 0 Å². The zero-order valence-corrected chi connectivity index (χ0v) is 15.8. The molecule has 3 aliphatic heterocycles. The lowest BCUT2D eigenvalue weighted by molar-refractivity contribution is -0.143. The minimum atomic E-state index is -4.40. The van der Waals surface area contributed by atoms with E-state index in [0.29, 0.717) is 31.9 Å². The Kier molecular flexibility index (Phi) is 5.62. The van der Waals surface area contributed by atoms with Gasteiger partial charge in [0.05, 0.1) is 43.3 Å². The Hall–Kier alpha value is -1.64. The van der Waals surface area contributed by atoms with E-state index in [2.05, 4.69) is 10.2 Å². The highest BCUT2D eigenvalue weighted by Crippen LogP contribution is 2.30. The molecule has 0 saturated carbocycles. The van der Waals surface area contributed by atoms with Crippen molar-refractivity contribution < 1.29 is 22.7 Å². The van der Waals surface area contributed by atoms with Gasteiger partial charge in [0.15, 0.2) is 0 Å². The summed E-state index contributed by atoms with van der Waals surface area (Å²) in [5, 5.41) is 3.46. The predicted octanol–water partition coefficient (Wildman–Crippen LogP) is 1.91. The number of fused-ring (bicyclic) bond motifs is 1. The molecule has 0 spiro atoms. The highest BCUT2D eigenvalue weighted by Gasteiger charge is 2.45. The monoisotopic (exact) mass is 397 g/mol. The zero-order valence-electron chi connectivity index (χ0n) is 15.8. The van der Waals surface area contributed by atoms with Crippen molar-refractivity contribution >= 4 is 5.91 Å². The summed E-state index contributed by atoms with van der Waals surface area (Å²) in [6.07, 6.45) is -2.11. The molecule has 0 aromatic heterocycles. The molecular weight excluding hydrogens is 371 g/mol. The van der Waals surface area contributed by atoms with Crippen LogP contribution in [0, 0.1) is 0 Å². The third kappa shape index (κ3) is 4.04. The molecule has 0 unspecified atom stereocenters. The fourth-order valence-electron chi connectivity index (χ4n) is 4.72. The van der Waals surface area contributed by atoms with Crippen molar-refractivity contribution in [2.45, 2.75) is 43.6 Å². The second kappa shape index (κ2) is 8.00. The number of piperazine rings is 1.